The minimum absolute atomic E-state index is 0. The van der Waals surface area contributed by atoms with Crippen LogP contribution in [0.25, 0.3) is 0 Å². The average Bonchev–Trinajstić information content (AvgIpc) is 2.14. The fourth-order valence-electron chi connectivity index (χ4n) is 0.711. The summed E-state index contributed by atoms with van der Waals surface area (Å²) >= 11 is 3.98. The molecule has 0 unspecified atom stereocenters. The molecule has 1 fully saturated rings. The number of hydrogen-bond acceptors (Lipinski definition) is 3. The van der Waals surface area contributed by atoms with Gasteiger partial charge >= 0.3 is 5.97 Å². The first kappa shape index (κ1) is 8.82. The summed E-state index contributed by atoms with van der Waals surface area (Å²) < 4.78 is 4.80. The van der Waals surface area contributed by atoms with Crippen LogP contribution in [-0.2, 0) is 9.53 Å². The topological polar surface area (TPSA) is 26.3 Å². The summed E-state index contributed by atoms with van der Waals surface area (Å²) in [6, 6.07) is 0. The molecule has 0 N–H and O–H groups in total. The Morgan fingerprint density at radius 3 is 2.67 bits per heavy atom. The number of cyclic esters (lactones) is 1. The summed E-state index contributed by atoms with van der Waals surface area (Å²) in [5.74, 6) is 0.579. The highest BCUT2D eigenvalue weighted by Crippen LogP contribution is 2.13. The van der Waals surface area contributed by atoms with E-state index in [-0.39, 0.29) is 19.5 Å². The first-order chi connectivity index (χ1) is 3.83. The Balaban J connectivity index is 0.000000640. The molecule has 0 amide bonds. The minimum Gasteiger partial charge on any atom is -0.461 e. The van der Waals surface area contributed by atoms with Crippen molar-refractivity contribution >= 4 is 18.6 Å². The molecule has 0 aromatic rings. The van der Waals surface area contributed by atoms with E-state index >= 15 is 0 Å². The van der Waals surface area contributed by atoms with Crippen LogP contribution in [0, 0.1) is 0 Å². The number of carbonyl (C=O) groups is 1. The normalized spacial score (nSPS) is 25.0. The van der Waals surface area contributed by atoms with E-state index < -0.39 is 0 Å². The lowest BCUT2D eigenvalue weighted by atomic mass is 10.3. The predicted molar refractivity (Wildman–Crippen MR) is 39.7 cm³/mol. The molecule has 1 aliphatic heterocycles. The summed E-state index contributed by atoms with van der Waals surface area (Å²) in [5, 5.41) is 0. The van der Waals surface area contributed by atoms with Gasteiger partial charge in [-0.15, -0.1) is 0 Å². The van der Waals surface area contributed by atoms with E-state index in [0.717, 1.165) is 6.42 Å². The van der Waals surface area contributed by atoms with E-state index in [1.807, 2.05) is 0 Å². The molecule has 0 bridgehead atoms. The van der Waals surface area contributed by atoms with Gasteiger partial charge in [-0.2, -0.15) is 12.6 Å². The molecule has 2 nitrogen and oxygen atoms in total. The van der Waals surface area contributed by atoms with Crippen molar-refractivity contribution in [2.75, 3.05) is 5.75 Å². The molecular formula is C6H12O2S. The Hall–Kier alpha value is -0.180. The summed E-state index contributed by atoms with van der Waals surface area (Å²) in [7, 11) is 0. The van der Waals surface area contributed by atoms with E-state index in [4.69, 9.17) is 4.74 Å². The maximum Gasteiger partial charge on any atom is 0.306 e. The van der Waals surface area contributed by atoms with Gasteiger partial charge in [-0.3, -0.25) is 4.79 Å². The fourth-order valence-corrected chi connectivity index (χ4v) is 0.968. The van der Waals surface area contributed by atoms with Crippen LogP contribution in [0.4, 0.5) is 0 Å². The zero-order valence-electron chi connectivity index (χ0n) is 4.46. The molecule has 1 heterocycles. The lowest BCUT2D eigenvalue weighted by Gasteiger charge is -2.01. The van der Waals surface area contributed by atoms with Gasteiger partial charge in [0.1, 0.15) is 6.10 Å². The molecule has 1 atom stereocenters. The van der Waals surface area contributed by atoms with Crippen molar-refractivity contribution in [1.82, 2.24) is 0 Å². The maximum absolute atomic E-state index is 10.4. The van der Waals surface area contributed by atoms with E-state index in [1.165, 1.54) is 0 Å². The molecule has 1 saturated heterocycles. The van der Waals surface area contributed by atoms with E-state index in [2.05, 4.69) is 12.6 Å². The molecule has 0 spiro atoms. The van der Waals surface area contributed by atoms with Gasteiger partial charge in [-0.1, -0.05) is 7.43 Å². The number of rotatable bonds is 1. The van der Waals surface area contributed by atoms with Gasteiger partial charge in [-0.05, 0) is 6.42 Å². The fraction of sp³-hybridized carbons (Fsp3) is 0.833. The van der Waals surface area contributed by atoms with Crippen LogP contribution in [0.1, 0.15) is 20.3 Å². The van der Waals surface area contributed by atoms with Gasteiger partial charge < -0.3 is 4.74 Å². The molecule has 3 heteroatoms. The van der Waals surface area contributed by atoms with Crippen LogP contribution < -0.4 is 0 Å². The average molecular weight is 148 g/mol. The van der Waals surface area contributed by atoms with Crippen molar-refractivity contribution < 1.29 is 9.53 Å². The second-order valence-corrected chi connectivity index (χ2v) is 2.20. The third-order valence-corrected chi connectivity index (χ3v) is 1.58. The maximum atomic E-state index is 10.4. The third-order valence-electron chi connectivity index (χ3n) is 1.17. The molecule has 0 saturated carbocycles. The first-order valence-electron chi connectivity index (χ1n) is 2.63. The summed E-state index contributed by atoms with van der Waals surface area (Å²) in [6.45, 7) is 0. The monoisotopic (exact) mass is 148 g/mol. The van der Waals surface area contributed by atoms with Crippen molar-refractivity contribution in [3.63, 3.8) is 0 Å². The van der Waals surface area contributed by atoms with Crippen LogP contribution in [0.2, 0.25) is 0 Å². The molecular weight excluding hydrogens is 136 g/mol. The van der Waals surface area contributed by atoms with Crippen LogP contribution in [0.3, 0.4) is 0 Å². The quantitative estimate of drug-likeness (QED) is 0.447. The number of ether oxygens (including phenoxy) is 1. The van der Waals surface area contributed by atoms with E-state index in [1.54, 1.807) is 0 Å². The van der Waals surface area contributed by atoms with Crippen LogP contribution in [0.15, 0.2) is 0 Å². The molecule has 1 aliphatic rings. The molecule has 0 radical (unpaired) electrons. The lowest BCUT2D eigenvalue weighted by molar-refractivity contribution is -0.140. The van der Waals surface area contributed by atoms with Crippen LogP contribution in [0.5, 0.6) is 0 Å². The molecule has 9 heavy (non-hydrogen) atoms. The van der Waals surface area contributed by atoms with Gasteiger partial charge in [0.05, 0.1) is 0 Å². The molecule has 0 aromatic carbocycles. The highest BCUT2D eigenvalue weighted by molar-refractivity contribution is 7.80. The Bertz CT molecular complexity index is 103. The van der Waals surface area contributed by atoms with Crippen LogP contribution in [-0.4, -0.2) is 17.8 Å². The van der Waals surface area contributed by atoms with Gasteiger partial charge in [0.15, 0.2) is 0 Å². The Morgan fingerprint density at radius 1 is 1.78 bits per heavy atom. The van der Waals surface area contributed by atoms with Crippen molar-refractivity contribution in [3.8, 4) is 0 Å². The van der Waals surface area contributed by atoms with E-state index in [0.29, 0.717) is 12.2 Å². The second-order valence-electron chi connectivity index (χ2n) is 1.83. The number of carbonyl (C=O) groups excluding carboxylic acids is 1. The Labute approximate surface area is 61.0 Å². The van der Waals surface area contributed by atoms with Gasteiger partial charge in [0.2, 0.25) is 0 Å². The van der Waals surface area contributed by atoms with Crippen molar-refractivity contribution in [2.24, 2.45) is 0 Å². The number of esters is 1. The van der Waals surface area contributed by atoms with Gasteiger partial charge in [0, 0.05) is 12.2 Å². The highest BCUT2D eigenvalue weighted by atomic mass is 32.1. The Morgan fingerprint density at radius 2 is 2.44 bits per heavy atom. The summed E-state index contributed by atoms with van der Waals surface area (Å²) in [6.07, 6.45) is 1.51. The Kier molecular flexibility index (Phi) is 3.70. The number of thiol groups is 1. The smallest absolute Gasteiger partial charge is 0.306 e. The third kappa shape index (κ3) is 2.26. The van der Waals surface area contributed by atoms with Crippen molar-refractivity contribution in [1.29, 1.82) is 0 Å². The molecule has 0 aromatic heterocycles. The second kappa shape index (κ2) is 3.77. The van der Waals surface area contributed by atoms with E-state index in [9.17, 15) is 4.79 Å². The highest BCUT2D eigenvalue weighted by Gasteiger charge is 2.20. The molecule has 0 aliphatic carbocycles. The zero-order chi connectivity index (χ0) is 5.98. The summed E-state index contributed by atoms with van der Waals surface area (Å²) in [5.41, 5.74) is 0. The molecule has 1 rings (SSSR count). The number of hydrogen-bond donors (Lipinski definition) is 1. The largest absolute Gasteiger partial charge is 0.461 e. The minimum atomic E-state index is -0.0796. The SMILES string of the molecule is C.O=C1CC[C@@H](CS)O1. The predicted octanol–water partition coefficient (Wildman–Crippen LogP) is 1.26. The van der Waals surface area contributed by atoms with Gasteiger partial charge in [0.25, 0.3) is 0 Å². The van der Waals surface area contributed by atoms with Gasteiger partial charge in [-0.25, -0.2) is 0 Å². The van der Waals surface area contributed by atoms with Crippen molar-refractivity contribution in [2.45, 2.75) is 26.4 Å². The first-order valence-corrected chi connectivity index (χ1v) is 3.26. The molecule has 54 valence electrons. The lowest BCUT2D eigenvalue weighted by Crippen LogP contribution is -2.07. The standard InChI is InChI=1S/C5H8O2S.CH4/c6-5-2-1-4(3-8)7-5;/h4,8H,1-3H2;1H4/t4-;/m0./s1. The van der Waals surface area contributed by atoms with Crippen molar-refractivity contribution in [3.05, 3.63) is 0 Å². The van der Waals surface area contributed by atoms with Crippen LogP contribution >= 0.6 is 12.6 Å². The summed E-state index contributed by atoms with van der Waals surface area (Å²) in [4.78, 5) is 10.4. The zero-order valence-corrected chi connectivity index (χ0v) is 5.36.